The first-order valence-electron chi connectivity index (χ1n) is 8.85. The molecule has 1 aliphatic rings. The quantitative estimate of drug-likeness (QED) is 0.695. The van der Waals surface area contributed by atoms with Gasteiger partial charge in [-0.3, -0.25) is 4.79 Å². The fraction of sp³-hybridized carbons (Fsp3) is 0.250. The van der Waals surface area contributed by atoms with E-state index >= 15 is 0 Å². The average molecular weight is 426 g/mol. The Kier molecular flexibility index (Phi) is 5.05. The Balaban J connectivity index is 1.52. The summed E-state index contributed by atoms with van der Waals surface area (Å²) in [5.41, 5.74) is 2.46. The van der Waals surface area contributed by atoms with Crippen molar-refractivity contribution in [1.82, 2.24) is 19.8 Å². The Hall–Kier alpha value is -2.51. The number of anilines is 2. The van der Waals surface area contributed by atoms with Gasteiger partial charge in [-0.2, -0.15) is 0 Å². The van der Waals surface area contributed by atoms with Gasteiger partial charge in [0.2, 0.25) is 0 Å². The van der Waals surface area contributed by atoms with Crippen molar-refractivity contribution in [1.29, 1.82) is 0 Å². The number of piperazine rings is 1. The van der Waals surface area contributed by atoms with Crippen molar-refractivity contribution in [2.45, 2.75) is 0 Å². The number of likely N-dealkylation sites (N-methyl/N-ethyl adjacent to an activating group) is 1. The van der Waals surface area contributed by atoms with E-state index < -0.39 is 0 Å². The lowest BCUT2D eigenvalue weighted by Gasteiger charge is -2.32. The molecule has 0 atom stereocenters. The Morgan fingerprint density at radius 3 is 2.52 bits per heavy atom. The van der Waals surface area contributed by atoms with Gasteiger partial charge in [0.05, 0.1) is 5.52 Å². The van der Waals surface area contributed by atoms with Crippen LogP contribution in [0.5, 0.6) is 0 Å². The molecule has 3 aromatic rings. The maximum atomic E-state index is 12.6. The van der Waals surface area contributed by atoms with E-state index in [0.717, 1.165) is 53.1 Å². The van der Waals surface area contributed by atoms with Gasteiger partial charge in [-0.1, -0.05) is 15.9 Å². The third kappa shape index (κ3) is 3.94. The third-order valence-corrected chi connectivity index (χ3v) is 5.28. The lowest BCUT2D eigenvalue weighted by Crippen LogP contribution is -2.47. The molecule has 1 saturated heterocycles. The SMILES string of the molecule is CN1CCN(C(=O)c2ccc(Nc3ncnc4ccc(Br)cc34)cc2)CC1. The van der Waals surface area contributed by atoms with E-state index in [1.54, 1.807) is 6.33 Å². The molecular formula is C20H20BrN5O. The zero-order valence-corrected chi connectivity index (χ0v) is 16.6. The van der Waals surface area contributed by atoms with E-state index in [0.29, 0.717) is 5.56 Å². The second-order valence-corrected chi connectivity index (χ2v) is 7.60. The first-order chi connectivity index (χ1) is 13.1. The second-order valence-electron chi connectivity index (χ2n) is 6.68. The minimum absolute atomic E-state index is 0.0890. The Morgan fingerprint density at radius 1 is 1.04 bits per heavy atom. The van der Waals surface area contributed by atoms with E-state index in [2.05, 4.69) is 43.2 Å². The molecule has 0 radical (unpaired) electrons. The van der Waals surface area contributed by atoms with Gasteiger partial charge in [0.1, 0.15) is 12.1 Å². The normalized spacial score (nSPS) is 15.1. The lowest BCUT2D eigenvalue weighted by molar-refractivity contribution is 0.0664. The first-order valence-corrected chi connectivity index (χ1v) is 9.64. The zero-order valence-electron chi connectivity index (χ0n) is 15.0. The van der Waals surface area contributed by atoms with Gasteiger partial charge in [0, 0.05) is 47.3 Å². The molecule has 0 saturated carbocycles. The number of carbonyl (C=O) groups is 1. The average Bonchev–Trinajstić information content (AvgIpc) is 2.69. The number of nitrogens with one attached hydrogen (secondary N) is 1. The number of amides is 1. The molecule has 1 amide bonds. The van der Waals surface area contributed by atoms with Crippen LogP contribution in [0.3, 0.4) is 0 Å². The summed E-state index contributed by atoms with van der Waals surface area (Å²) in [5, 5.41) is 4.26. The van der Waals surface area contributed by atoms with Gasteiger partial charge in [-0.05, 0) is 49.5 Å². The van der Waals surface area contributed by atoms with E-state index in [1.807, 2.05) is 47.4 Å². The number of hydrogen-bond donors (Lipinski definition) is 1. The Bertz CT molecular complexity index is 968. The minimum Gasteiger partial charge on any atom is -0.340 e. The summed E-state index contributed by atoms with van der Waals surface area (Å²) >= 11 is 3.49. The van der Waals surface area contributed by atoms with Gasteiger partial charge in [0.25, 0.3) is 5.91 Å². The van der Waals surface area contributed by atoms with Crippen molar-refractivity contribution in [2.24, 2.45) is 0 Å². The van der Waals surface area contributed by atoms with Gasteiger partial charge in [0.15, 0.2) is 0 Å². The monoisotopic (exact) mass is 425 g/mol. The van der Waals surface area contributed by atoms with Crippen molar-refractivity contribution in [3.8, 4) is 0 Å². The van der Waals surface area contributed by atoms with Crippen LogP contribution in [-0.4, -0.2) is 58.9 Å². The molecule has 1 N–H and O–H groups in total. The molecule has 4 rings (SSSR count). The molecule has 0 spiro atoms. The van der Waals surface area contributed by atoms with Crippen LogP contribution < -0.4 is 5.32 Å². The third-order valence-electron chi connectivity index (χ3n) is 4.78. The Labute approximate surface area is 166 Å². The maximum Gasteiger partial charge on any atom is 0.253 e. The molecule has 0 bridgehead atoms. The number of fused-ring (bicyclic) bond motifs is 1. The molecule has 27 heavy (non-hydrogen) atoms. The summed E-state index contributed by atoms with van der Waals surface area (Å²) in [7, 11) is 2.08. The number of halogens is 1. The summed E-state index contributed by atoms with van der Waals surface area (Å²) < 4.78 is 0.973. The molecule has 0 unspecified atom stereocenters. The highest BCUT2D eigenvalue weighted by Crippen LogP contribution is 2.26. The predicted molar refractivity (Wildman–Crippen MR) is 110 cm³/mol. The number of nitrogens with zero attached hydrogens (tertiary/aromatic N) is 4. The molecule has 2 aromatic carbocycles. The van der Waals surface area contributed by atoms with Crippen molar-refractivity contribution in [2.75, 3.05) is 38.5 Å². The van der Waals surface area contributed by atoms with Crippen LogP contribution in [0.2, 0.25) is 0 Å². The summed E-state index contributed by atoms with van der Waals surface area (Å²) in [6, 6.07) is 13.4. The molecule has 1 fully saturated rings. The largest absolute Gasteiger partial charge is 0.340 e. The highest BCUT2D eigenvalue weighted by atomic mass is 79.9. The minimum atomic E-state index is 0.0890. The first kappa shape index (κ1) is 17.9. The molecule has 2 heterocycles. The van der Waals surface area contributed by atoms with Crippen molar-refractivity contribution in [3.05, 3.63) is 58.8 Å². The van der Waals surface area contributed by atoms with Crippen molar-refractivity contribution >= 4 is 44.2 Å². The van der Waals surface area contributed by atoms with E-state index in [4.69, 9.17) is 0 Å². The van der Waals surface area contributed by atoms with E-state index in [1.165, 1.54) is 0 Å². The van der Waals surface area contributed by atoms with Gasteiger partial charge in [-0.15, -0.1) is 0 Å². The second kappa shape index (κ2) is 7.62. The number of carbonyl (C=O) groups excluding carboxylic acids is 1. The molecule has 7 heteroatoms. The molecule has 0 aliphatic carbocycles. The smallest absolute Gasteiger partial charge is 0.253 e. The molecular weight excluding hydrogens is 406 g/mol. The van der Waals surface area contributed by atoms with Gasteiger partial charge in [-0.25, -0.2) is 9.97 Å². The molecule has 6 nitrogen and oxygen atoms in total. The van der Waals surface area contributed by atoms with Crippen LogP contribution in [0.4, 0.5) is 11.5 Å². The van der Waals surface area contributed by atoms with Crippen molar-refractivity contribution in [3.63, 3.8) is 0 Å². The van der Waals surface area contributed by atoms with Crippen molar-refractivity contribution < 1.29 is 4.79 Å². The summed E-state index contributed by atoms with van der Waals surface area (Å²) in [6.07, 6.45) is 1.55. The maximum absolute atomic E-state index is 12.6. The zero-order chi connectivity index (χ0) is 18.8. The standard InChI is InChI=1S/C20H20BrN5O/c1-25-8-10-26(11-9-25)20(27)14-2-5-16(6-3-14)24-19-17-12-15(21)4-7-18(17)22-13-23-19/h2-7,12-13H,8-11H2,1H3,(H,22,23,24). The molecule has 1 aromatic heterocycles. The molecule has 138 valence electrons. The van der Waals surface area contributed by atoms with Crippen LogP contribution >= 0.6 is 15.9 Å². The summed E-state index contributed by atoms with van der Waals surface area (Å²) in [6.45, 7) is 3.39. The van der Waals surface area contributed by atoms with E-state index in [9.17, 15) is 4.79 Å². The number of aromatic nitrogens is 2. The lowest BCUT2D eigenvalue weighted by atomic mass is 10.1. The topological polar surface area (TPSA) is 61.4 Å². The number of hydrogen-bond acceptors (Lipinski definition) is 5. The number of rotatable bonds is 3. The van der Waals surface area contributed by atoms with Crippen LogP contribution in [0.1, 0.15) is 10.4 Å². The van der Waals surface area contributed by atoms with Crippen LogP contribution in [0.15, 0.2) is 53.3 Å². The van der Waals surface area contributed by atoms with Gasteiger partial charge < -0.3 is 15.1 Å². The summed E-state index contributed by atoms with van der Waals surface area (Å²) in [5.74, 6) is 0.825. The highest BCUT2D eigenvalue weighted by Gasteiger charge is 2.20. The van der Waals surface area contributed by atoms with Crippen LogP contribution in [0, 0.1) is 0 Å². The van der Waals surface area contributed by atoms with Crippen LogP contribution in [-0.2, 0) is 0 Å². The predicted octanol–water partition coefficient (Wildman–Crippen LogP) is 3.52. The summed E-state index contributed by atoms with van der Waals surface area (Å²) in [4.78, 5) is 25.5. The fourth-order valence-corrected chi connectivity index (χ4v) is 3.51. The fourth-order valence-electron chi connectivity index (χ4n) is 3.15. The number of benzene rings is 2. The van der Waals surface area contributed by atoms with Gasteiger partial charge >= 0.3 is 0 Å². The highest BCUT2D eigenvalue weighted by molar-refractivity contribution is 9.10. The van der Waals surface area contributed by atoms with E-state index in [-0.39, 0.29) is 5.91 Å². The van der Waals surface area contributed by atoms with Crippen LogP contribution in [0.25, 0.3) is 10.9 Å². The molecule has 1 aliphatic heterocycles. The Morgan fingerprint density at radius 2 is 1.78 bits per heavy atom.